The van der Waals surface area contributed by atoms with Gasteiger partial charge < -0.3 is 4.74 Å². The van der Waals surface area contributed by atoms with Gasteiger partial charge in [-0.25, -0.2) is 9.97 Å². The highest BCUT2D eigenvalue weighted by molar-refractivity contribution is 5.31. The normalized spacial score (nSPS) is 23.9. The van der Waals surface area contributed by atoms with E-state index in [0.717, 1.165) is 44.1 Å². The summed E-state index contributed by atoms with van der Waals surface area (Å²) >= 11 is 0. The molecule has 0 unspecified atom stereocenters. The van der Waals surface area contributed by atoms with E-state index < -0.39 is 0 Å². The molecule has 0 saturated carbocycles. The van der Waals surface area contributed by atoms with Gasteiger partial charge in [-0.3, -0.25) is 14.5 Å². The lowest BCUT2D eigenvalue weighted by atomic mass is 9.92. The molecule has 0 amide bonds. The van der Waals surface area contributed by atoms with Crippen LogP contribution in [0.4, 0.5) is 0 Å². The van der Waals surface area contributed by atoms with E-state index in [1.54, 1.807) is 18.7 Å². The van der Waals surface area contributed by atoms with Crippen molar-refractivity contribution in [1.82, 2.24) is 24.4 Å². The van der Waals surface area contributed by atoms with Crippen molar-refractivity contribution in [3.8, 4) is 5.82 Å². The van der Waals surface area contributed by atoms with Crippen molar-refractivity contribution >= 4 is 0 Å². The van der Waals surface area contributed by atoms with Crippen LogP contribution in [0.2, 0.25) is 0 Å². The zero-order valence-electron chi connectivity index (χ0n) is 13.3. The molecule has 2 fully saturated rings. The molecule has 4 rings (SSSR count). The van der Waals surface area contributed by atoms with Gasteiger partial charge in [-0.15, -0.1) is 0 Å². The van der Waals surface area contributed by atoms with Crippen LogP contribution in [0.3, 0.4) is 0 Å². The highest BCUT2D eigenvalue weighted by atomic mass is 16.5. The summed E-state index contributed by atoms with van der Waals surface area (Å²) < 4.78 is 7.48. The molecule has 0 N–H and O–H groups in total. The molecule has 0 bridgehead atoms. The number of hydrogen-bond acceptors (Lipinski definition) is 5. The number of rotatable bonds is 3. The van der Waals surface area contributed by atoms with Crippen molar-refractivity contribution in [3.05, 3.63) is 36.8 Å². The topological polar surface area (TPSA) is 56.1 Å². The predicted octanol–water partition coefficient (Wildman–Crippen LogP) is 2.02. The molecular weight excluding hydrogens is 290 g/mol. The Morgan fingerprint density at radius 3 is 2.74 bits per heavy atom. The summed E-state index contributed by atoms with van der Waals surface area (Å²) in [6.45, 7) is 4.07. The van der Waals surface area contributed by atoms with E-state index in [9.17, 15) is 0 Å². The van der Waals surface area contributed by atoms with E-state index in [-0.39, 0.29) is 0 Å². The van der Waals surface area contributed by atoms with Gasteiger partial charge in [0.2, 0.25) is 0 Å². The third-order valence-electron chi connectivity index (χ3n) is 5.00. The van der Waals surface area contributed by atoms with Gasteiger partial charge >= 0.3 is 0 Å². The number of nitrogens with zero attached hydrogens (tertiary/aromatic N) is 5. The smallest absolute Gasteiger partial charge is 0.160 e. The quantitative estimate of drug-likeness (QED) is 0.868. The highest BCUT2D eigenvalue weighted by Crippen LogP contribution is 2.31. The lowest BCUT2D eigenvalue weighted by molar-refractivity contribution is 0.0237. The summed E-state index contributed by atoms with van der Waals surface area (Å²) in [6.07, 6.45) is 13.8. The molecule has 1 atom stereocenters. The Kier molecular flexibility index (Phi) is 4.35. The van der Waals surface area contributed by atoms with Crippen LogP contribution in [0.1, 0.15) is 37.3 Å². The first-order valence-corrected chi connectivity index (χ1v) is 8.53. The average molecular weight is 313 g/mol. The number of aromatic nitrogens is 4. The lowest BCUT2D eigenvalue weighted by Gasteiger charge is -2.39. The van der Waals surface area contributed by atoms with Crippen LogP contribution in [0.15, 0.2) is 31.1 Å². The van der Waals surface area contributed by atoms with E-state index in [2.05, 4.69) is 19.9 Å². The Labute approximate surface area is 136 Å². The van der Waals surface area contributed by atoms with E-state index in [4.69, 9.17) is 4.74 Å². The fourth-order valence-corrected chi connectivity index (χ4v) is 3.82. The second-order valence-corrected chi connectivity index (χ2v) is 6.41. The molecule has 2 saturated heterocycles. The minimum Gasteiger partial charge on any atom is -0.381 e. The largest absolute Gasteiger partial charge is 0.381 e. The van der Waals surface area contributed by atoms with Crippen molar-refractivity contribution in [2.45, 2.75) is 37.6 Å². The molecule has 2 aromatic heterocycles. The Morgan fingerprint density at radius 2 is 1.91 bits per heavy atom. The predicted molar refractivity (Wildman–Crippen MR) is 86.5 cm³/mol. The summed E-state index contributed by atoms with van der Waals surface area (Å²) in [5, 5.41) is 0. The summed E-state index contributed by atoms with van der Waals surface area (Å²) in [4.78, 5) is 16.0. The molecule has 122 valence electrons. The molecule has 0 radical (unpaired) electrons. The second kappa shape index (κ2) is 6.76. The molecule has 6 nitrogen and oxygen atoms in total. The number of likely N-dealkylation sites (tertiary alicyclic amines) is 1. The van der Waals surface area contributed by atoms with Crippen LogP contribution in [0, 0.1) is 0 Å². The van der Waals surface area contributed by atoms with E-state index in [1.807, 2.05) is 17.0 Å². The zero-order valence-corrected chi connectivity index (χ0v) is 13.3. The minimum atomic E-state index is 0.442. The molecule has 23 heavy (non-hydrogen) atoms. The molecule has 0 spiro atoms. The first-order valence-electron chi connectivity index (χ1n) is 8.53. The SMILES string of the molecule is c1cn(-c2nccnc2[C@H]2CCCN(C3CCOCC3)C2)cn1. The Balaban J connectivity index is 1.56. The fraction of sp³-hybridized carbons (Fsp3) is 0.588. The Bertz CT molecular complexity index is 624. The molecular formula is C17H23N5O. The van der Waals surface area contributed by atoms with Crippen LogP contribution in [-0.2, 0) is 4.74 Å². The van der Waals surface area contributed by atoms with Gasteiger partial charge in [-0.05, 0) is 32.2 Å². The molecule has 2 aliphatic heterocycles. The second-order valence-electron chi connectivity index (χ2n) is 6.41. The maximum absolute atomic E-state index is 5.51. The van der Waals surface area contributed by atoms with Crippen molar-refractivity contribution in [3.63, 3.8) is 0 Å². The van der Waals surface area contributed by atoms with Gasteiger partial charge in [0.25, 0.3) is 0 Å². The van der Waals surface area contributed by atoms with Crippen LogP contribution in [0.25, 0.3) is 5.82 Å². The minimum absolute atomic E-state index is 0.442. The van der Waals surface area contributed by atoms with Crippen molar-refractivity contribution in [1.29, 1.82) is 0 Å². The van der Waals surface area contributed by atoms with Crippen LogP contribution >= 0.6 is 0 Å². The van der Waals surface area contributed by atoms with Crippen molar-refractivity contribution in [2.75, 3.05) is 26.3 Å². The van der Waals surface area contributed by atoms with Crippen molar-refractivity contribution in [2.24, 2.45) is 0 Å². The van der Waals surface area contributed by atoms with Gasteiger partial charge in [0.1, 0.15) is 6.33 Å². The average Bonchev–Trinajstić information content (AvgIpc) is 3.17. The third-order valence-corrected chi connectivity index (χ3v) is 5.00. The Morgan fingerprint density at radius 1 is 1.04 bits per heavy atom. The standard InChI is InChI=1S/C17H23N5O/c1-2-14(12-21(8-1)15-3-10-23-11-4-15)16-17(20-6-5-19-16)22-9-7-18-13-22/h5-7,9,13-15H,1-4,8,10-12H2/t14-/m0/s1. The van der Waals surface area contributed by atoms with Crippen LogP contribution in [-0.4, -0.2) is 56.8 Å². The van der Waals surface area contributed by atoms with Gasteiger partial charge in [0.05, 0.1) is 5.69 Å². The fourth-order valence-electron chi connectivity index (χ4n) is 3.82. The number of piperidine rings is 1. The van der Waals surface area contributed by atoms with Crippen LogP contribution in [0.5, 0.6) is 0 Å². The van der Waals surface area contributed by atoms with E-state index >= 15 is 0 Å². The maximum atomic E-state index is 5.51. The summed E-state index contributed by atoms with van der Waals surface area (Å²) in [7, 11) is 0. The summed E-state index contributed by atoms with van der Waals surface area (Å²) in [5.41, 5.74) is 1.10. The van der Waals surface area contributed by atoms with Crippen molar-refractivity contribution < 1.29 is 4.74 Å². The lowest BCUT2D eigenvalue weighted by Crippen LogP contribution is -2.44. The number of imidazole rings is 1. The van der Waals surface area contributed by atoms with Gasteiger partial charge in [-0.2, -0.15) is 0 Å². The van der Waals surface area contributed by atoms with E-state index in [0.29, 0.717) is 12.0 Å². The van der Waals surface area contributed by atoms with Gasteiger partial charge in [0.15, 0.2) is 5.82 Å². The molecule has 6 heteroatoms. The first kappa shape index (κ1) is 14.8. The molecule has 0 aromatic carbocycles. The highest BCUT2D eigenvalue weighted by Gasteiger charge is 2.30. The van der Waals surface area contributed by atoms with E-state index in [1.165, 1.54) is 19.4 Å². The first-order chi connectivity index (χ1) is 11.4. The molecule has 0 aliphatic carbocycles. The number of hydrogen-bond donors (Lipinski definition) is 0. The maximum Gasteiger partial charge on any atom is 0.160 e. The monoisotopic (exact) mass is 313 g/mol. The van der Waals surface area contributed by atoms with Crippen LogP contribution < -0.4 is 0 Å². The number of ether oxygens (including phenoxy) is 1. The Hall–Kier alpha value is -1.79. The summed E-state index contributed by atoms with van der Waals surface area (Å²) in [5.74, 6) is 1.36. The van der Waals surface area contributed by atoms with Gasteiger partial charge in [0, 0.05) is 56.5 Å². The zero-order chi connectivity index (χ0) is 15.5. The molecule has 2 aliphatic rings. The summed E-state index contributed by atoms with van der Waals surface area (Å²) in [6, 6.07) is 0.667. The third kappa shape index (κ3) is 3.14. The molecule has 4 heterocycles. The molecule has 2 aromatic rings. The van der Waals surface area contributed by atoms with Gasteiger partial charge in [-0.1, -0.05) is 0 Å².